The third-order valence-corrected chi connectivity index (χ3v) is 9.03. The molecule has 2 fully saturated rings. The molecular formula is C27H36N4O4S. The Balaban J connectivity index is 1.72. The van der Waals surface area contributed by atoms with Gasteiger partial charge in [-0.2, -0.15) is 4.31 Å². The van der Waals surface area contributed by atoms with E-state index in [2.05, 4.69) is 5.32 Å². The van der Waals surface area contributed by atoms with Crippen LogP contribution in [0.25, 0.3) is 0 Å². The van der Waals surface area contributed by atoms with Crippen LogP contribution in [0.2, 0.25) is 0 Å². The van der Waals surface area contributed by atoms with Crippen LogP contribution in [0.3, 0.4) is 0 Å². The van der Waals surface area contributed by atoms with E-state index in [1.807, 2.05) is 48.5 Å². The average Bonchev–Trinajstić information content (AvgIpc) is 3.38. The van der Waals surface area contributed by atoms with E-state index in [9.17, 15) is 18.0 Å². The lowest BCUT2D eigenvalue weighted by molar-refractivity contribution is -0.140. The summed E-state index contributed by atoms with van der Waals surface area (Å²) in [4.78, 5) is 27.7. The summed E-state index contributed by atoms with van der Waals surface area (Å²) >= 11 is 0. The number of amides is 2. The van der Waals surface area contributed by atoms with E-state index in [0.717, 1.165) is 31.5 Å². The van der Waals surface area contributed by atoms with Gasteiger partial charge in [0.2, 0.25) is 21.8 Å². The summed E-state index contributed by atoms with van der Waals surface area (Å²) in [6, 6.07) is 16.9. The van der Waals surface area contributed by atoms with Gasteiger partial charge in [0.1, 0.15) is 12.1 Å². The van der Waals surface area contributed by atoms with Crippen LogP contribution in [0.15, 0.2) is 60.7 Å². The normalized spacial score (nSPS) is 19.9. The maximum Gasteiger partial charge on any atom is 0.242 e. The number of carbonyl (C=O) groups is 2. The number of hydrogen-bond acceptors (Lipinski definition) is 5. The van der Waals surface area contributed by atoms with Gasteiger partial charge in [0, 0.05) is 13.1 Å². The second kappa shape index (κ2) is 12.0. The first-order chi connectivity index (χ1) is 17.3. The standard InChI is InChI=1S/C27H36N4O4S/c28-26(32)24-12-7-17-30(24)27(33)25(18-21-8-3-1-4-9-21)31(19-22-13-15-29-16-14-22)36(34,35)20-23-10-5-2-6-11-23/h1-6,8-11,22,24-25,29H,7,12-20H2,(H2,28,32)/t24-,25+/m0/s1. The molecule has 2 amide bonds. The fourth-order valence-electron chi connectivity index (χ4n) is 5.29. The van der Waals surface area contributed by atoms with Gasteiger partial charge in [0.05, 0.1) is 5.75 Å². The number of sulfonamides is 1. The molecule has 0 unspecified atom stereocenters. The van der Waals surface area contributed by atoms with Crippen LogP contribution >= 0.6 is 0 Å². The summed E-state index contributed by atoms with van der Waals surface area (Å²) < 4.78 is 29.4. The quantitative estimate of drug-likeness (QED) is 0.505. The van der Waals surface area contributed by atoms with Crippen LogP contribution in [-0.4, -0.2) is 67.7 Å². The van der Waals surface area contributed by atoms with Crippen molar-refractivity contribution in [1.82, 2.24) is 14.5 Å². The summed E-state index contributed by atoms with van der Waals surface area (Å²) in [5, 5.41) is 3.33. The van der Waals surface area contributed by atoms with E-state index in [-0.39, 0.29) is 30.5 Å². The highest BCUT2D eigenvalue weighted by Gasteiger charge is 2.42. The van der Waals surface area contributed by atoms with Crippen molar-refractivity contribution in [3.05, 3.63) is 71.8 Å². The molecular weight excluding hydrogens is 476 g/mol. The van der Waals surface area contributed by atoms with Crippen molar-refractivity contribution < 1.29 is 18.0 Å². The van der Waals surface area contributed by atoms with Crippen molar-refractivity contribution in [1.29, 1.82) is 0 Å². The van der Waals surface area contributed by atoms with Crippen molar-refractivity contribution in [3.8, 4) is 0 Å². The SMILES string of the molecule is NC(=O)[C@@H]1CCCN1C(=O)[C@@H](Cc1ccccc1)N(CC1CCNCC1)S(=O)(=O)Cc1ccccc1. The number of piperidine rings is 1. The zero-order valence-corrected chi connectivity index (χ0v) is 21.4. The van der Waals surface area contributed by atoms with Crippen LogP contribution in [0.5, 0.6) is 0 Å². The lowest BCUT2D eigenvalue weighted by atomic mass is 9.97. The number of nitrogens with one attached hydrogen (secondary N) is 1. The number of benzene rings is 2. The number of primary amides is 1. The number of likely N-dealkylation sites (tertiary alicyclic amines) is 1. The zero-order valence-electron chi connectivity index (χ0n) is 20.6. The van der Waals surface area contributed by atoms with E-state index in [1.54, 1.807) is 12.1 Å². The van der Waals surface area contributed by atoms with Crippen molar-refractivity contribution in [3.63, 3.8) is 0 Å². The molecule has 36 heavy (non-hydrogen) atoms. The smallest absolute Gasteiger partial charge is 0.242 e. The van der Waals surface area contributed by atoms with E-state index < -0.39 is 28.0 Å². The Labute approximate surface area is 213 Å². The molecule has 194 valence electrons. The van der Waals surface area contributed by atoms with Gasteiger partial charge in [-0.05, 0) is 62.2 Å². The Hall–Kier alpha value is -2.75. The van der Waals surface area contributed by atoms with Gasteiger partial charge in [-0.25, -0.2) is 8.42 Å². The molecule has 9 heteroatoms. The van der Waals surface area contributed by atoms with Crippen molar-refractivity contribution in [2.45, 2.75) is 49.9 Å². The predicted octanol–water partition coefficient (Wildman–Crippen LogP) is 1.91. The highest BCUT2D eigenvalue weighted by Crippen LogP contribution is 2.26. The van der Waals surface area contributed by atoms with Crippen LogP contribution in [0.4, 0.5) is 0 Å². The summed E-state index contributed by atoms with van der Waals surface area (Å²) in [6.07, 6.45) is 3.10. The number of rotatable bonds is 10. The monoisotopic (exact) mass is 512 g/mol. The molecule has 8 nitrogen and oxygen atoms in total. The molecule has 0 spiro atoms. The van der Waals surface area contributed by atoms with Gasteiger partial charge in [-0.3, -0.25) is 9.59 Å². The molecule has 2 heterocycles. The third-order valence-electron chi connectivity index (χ3n) is 7.21. The Morgan fingerprint density at radius 2 is 1.58 bits per heavy atom. The van der Waals surface area contributed by atoms with E-state index in [0.29, 0.717) is 24.9 Å². The van der Waals surface area contributed by atoms with Gasteiger partial charge in [0.15, 0.2) is 0 Å². The first-order valence-corrected chi connectivity index (χ1v) is 14.3. The number of nitrogens with zero attached hydrogens (tertiary/aromatic N) is 2. The highest BCUT2D eigenvalue weighted by atomic mass is 32.2. The molecule has 2 aliphatic heterocycles. The lowest BCUT2D eigenvalue weighted by Gasteiger charge is -2.37. The number of hydrogen-bond donors (Lipinski definition) is 2. The number of carbonyl (C=O) groups excluding carboxylic acids is 2. The summed E-state index contributed by atoms with van der Waals surface area (Å²) in [6.45, 7) is 2.32. The molecule has 2 aromatic carbocycles. The summed E-state index contributed by atoms with van der Waals surface area (Å²) in [5.41, 5.74) is 7.17. The van der Waals surface area contributed by atoms with E-state index >= 15 is 0 Å². The largest absolute Gasteiger partial charge is 0.368 e. The fraction of sp³-hybridized carbons (Fsp3) is 0.481. The third kappa shape index (κ3) is 6.52. The van der Waals surface area contributed by atoms with Crippen molar-refractivity contribution in [2.75, 3.05) is 26.2 Å². The van der Waals surface area contributed by atoms with Crippen molar-refractivity contribution >= 4 is 21.8 Å². The van der Waals surface area contributed by atoms with Gasteiger partial charge in [0.25, 0.3) is 0 Å². The number of nitrogens with two attached hydrogens (primary N) is 1. The minimum Gasteiger partial charge on any atom is -0.368 e. The lowest BCUT2D eigenvalue weighted by Crippen LogP contribution is -2.56. The Morgan fingerprint density at radius 3 is 2.19 bits per heavy atom. The van der Waals surface area contributed by atoms with Crippen LogP contribution in [-0.2, 0) is 31.8 Å². The molecule has 3 N–H and O–H groups in total. The van der Waals surface area contributed by atoms with E-state index in [4.69, 9.17) is 5.73 Å². The molecule has 0 aliphatic carbocycles. The molecule has 0 radical (unpaired) electrons. The molecule has 2 saturated heterocycles. The van der Waals surface area contributed by atoms with Crippen molar-refractivity contribution in [2.24, 2.45) is 11.7 Å². The summed E-state index contributed by atoms with van der Waals surface area (Å²) in [5.74, 6) is -0.924. The average molecular weight is 513 g/mol. The fourth-order valence-corrected chi connectivity index (χ4v) is 7.06. The molecule has 0 bridgehead atoms. The molecule has 2 aliphatic rings. The first-order valence-electron chi connectivity index (χ1n) is 12.7. The molecule has 2 aromatic rings. The van der Waals surface area contributed by atoms with Crippen LogP contribution < -0.4 is 11.1 Å². The van der Waals surface area contributed by atoms with Crippen LogP contribution in [0, 0.1) is 5.92 Å². The minimum absolute atomic E-state index is 0.147. The van der Waals surface area contributed by atoms with Gasteiger partial charge in [-0.1, -0.05) is 60.7 Å². The Morgan fingerprint density at radius 1 is 0.972 bits per heavy atom. The van der Waals surface area contributed by atoms with E-state index in [1.165, 1.54) is 9.21 Å². The minimum atomic E-state index is -3.86. The second-order valence-corrected chi connectivity index (χ2v) is 11.7. The first kappa shape index (κ1) is 26.3. The maximum atomic E-state index is 14.0. The second-order valence-electron chi connectivity index (χ2n) is 9.80. The van der Waals surface area contributed by atoms with Gasteiger partial charge >= 0.3 is 0 Å². The zero-order chi connectivity index (χ0) is 25.5. The van der Waals surface area contributed by atoms with Crippen LogP contribution in [0.1, 0.15) is 36.8 Å². The summed E-state index contributed by atoms with van der Waals surface area (Å²) in [7, 11) is -3.86. The molecule has 2 atom stereocenters. The van der Waals surface area contributed by atoms with Gasteiger partial charge in [-0.15, -0.1) is 0 Å². The molecule has 0 saturated carbocycles. The Bertz CT molecular complexity index is 1120. The maximum absolute atomic E-state index is 14.0. The topological polar surface area (TPSA) is 113 Å². The molecule has 4 rings (SSSR count). The Kier molecular flexibility index (Phi) is 8.77. The highest BCUT2D eigenvalue weighted by molar-refractivity contribution is 7.88. The molecule has 0 aromatic heterocycles. The predicted molar refractivity (Wildman–Crippen MR) is 139 cm³/mol. The van der Waals surface area contributed by atoms with Gasteiger partial charge < -0.3 is 16.0 Å².